The van der Waals surface area contributed by atoms with Gasteiger partial charge in [-0.15, -0.1) is 0 Å². The first-order chi connectivity index (χ1) is 7.66. The first kappa shape index (κ1) is 9.82. The zero-order valence-corrected chi connectivity index (χ0v) is 9.29. The summed E-state index contributed by atoms with van der Waals surface area (Å²) in [5.41, 5.74) is 2.26. The monoisotopic (exact) mass is 219 g/mol. The van der Waals surface area contributed by atoms with E-state index in [1.807, 2.05) is 6.07 Å². The van der Waals surface area contributed by atoms with Crippen molar-refractivity contribution in [2.24, 2.45) is 0 Å². The van der Waals surface area contributed by atoms with Crippen molar-refractivity contribution in [1.82, 2.24) is 4.90 Å². The SMILES string of the molecule is CN1CCc2cc(C3CC3)cc(F)c2C1=O. The molecule has 1 heterocycles. The first-order valence-electron chi connectivity index (χ1n) is 5.74. The fourth-order valence-electron chi connectivity index (χ4n) is 2.36. The summed E-state index contributed by atoms with van der Waals surface area (Å²) in [6, 6.07) is 3.58. The molecule has 1 aromatic carbocycles. The normalized spacial score (nSPS) is 19.9. The molecular formula is C13H14FNO. The molecule has 0 spiro atoms. The molecule has 2 nitrogen and oxygen atoms in total. The van der Waals surface area contributed by atoms with Crippen LogP contribution in [0.1, 0.15) is 40.2 Å². The topological polar surface area (TPSA) is 20.3 Å². The second-order valence-electron chi connectivity index (χ2n) is 4.79. The van der Waals surface area contributed by atoms with E-state index in [-0.39, 0.29) is 17.3 Å². The Balaban J connectivity index is 2.10. The number of rotatable bonds is 1. The van der Waals surface area contributed by atoms with Crippen LogP contribution in [-0.2, 0) is 6.42 Å². The number of likely N-dealkylation sites (N-methyl/N-ethyl adjacent to an activating group) is 1. The van der Waals surface area contributed by atoms with E-state index in [1.54, 1.807) is 18.0 Å². The summed E-state index contributed by atoms with van der Waals surface area (Å²) in [6.45, 7) is 0.694. The molecule has 1 saturated carbocycles. The van der Waals surface area contributed by atoms with Crippen molar-refractivity contribution in [2.75, 3.05) is 13.6 Å². The minimum atomic E-state index is -0.337. The summed E-state index contributed by atoms with van der Waals surface area (Å²) in [6.07, 6.45) is 3.09. The molecule has 3 rings (SSSR count). The molecule has 1 amide bonds. The maximum Gasteiger partial charge on any atom is 0.256 e. The number of hydrogen-bond acceptors (Lipinski definition) is 1. The van der Waals surface area contributed by atoms with E-state index < -0.39 is 0 Å². The van der Waals surface area contributed by atoms with Gasteiger partial charge in [-0.2, -0.15) is 0 Å². The highest BCUT2D eigenvalue weighted by atomic mass is 19.1. The first-order valence-corrected chi connectivity index (χ1v) is 5.74. The molecule has 1 aliphatic heterocycles. The van der Waals surface area contributed by atoms with Crippen LogP contribution in [0.15, 0.2) is 12.1 Å². The highest BCUT2D eigenvalue weighted by Crippen LogP contribution is 2.41. The number of halogens is 1. The summed E-state index contributed by atoms with van der Waals surface area (Å²) in [5, 5.41) is 0. The standard InChI is InChI=1S/C13H14FNO/c1-15-5-4-9-6-10(8-2-3-8)7-11(14)12(9)13(15)16/h6-8H,2-5H2,1H3. The van der Waals surface area contributed by atoms with Crippen LogP contribution in [0.5, 0.6) is 0 Å². The molecule has 0 atom stereocenters. The van der Waals surface area contributed by atoms with Crippen LogP contribution >= 0.6 is 0 Å². The van der Waals surface area contributed by atoms with E-state index in [0.717, 1.165) is 30.4 Å². The number of carbonyl (C=O) groups is 1. The van der Waals surface area contributed by atoms with Gasteiger partial charge in [-0.3, -0.25) is 4.79 Å². The van der Waals surface area contributed by atoms with E-state index in [1.165, 1.54) is 0 Å². The Morgan fingerprint density at radius 2 is 2.12 bits per heavy atom. The van der Waals surface area contributed by atoms with E-state index in [2.05, 4.69) is 0 Å². The Hall–Kier alpha value is -1.38. The molecule has 1 fully saturated rings. The lowest BCUT2D eigenvalue weighted by Crippen LogP contribution is -2.35. The number of carbonyl (C=O) groups excluding carboxylic acids is 1. The van der Waals surface area contributed by atoms with E-state index in [4.69, 9.17) is 0 Å². The van der Waals surface area contributed by atoms with Gasteiger partial charge in [-0.25, -0.2) is 4.39 Å². The van der Waals surface area contributed by atoms with Crippen molar-refractivity contribution >= 4 is 5.91 Å². The number of hydrogen-bond donors (Lipinski definition) is 0. The summed E-state index contributed by atoms with van der Waals surface area (Å²) in [7, 11) is 1.72. The lowest BCUT2D eigenvalue weighted by Gasteiger charge is -2.25. The molecule has 1 aliphatic carbocycles. The van der Waals surface area contributed by atoms with Crippen molar-refractivity contribution in [1.29, 1.82) is 0 Å². The average molecular weight is 219 g/mol. The third-order valence-electron chi connectivity index (χ3n) is 3.52. The summed E-state index contributed by atoms with van der Waals surface area (Å²) in [5.74, 6) is 0.0200. The fourth-order valence-corrected chi connectivity index (χ4v) is 2.36. The smallest absolute Gasteiger partial charge is 0.256 e. The molecule has 0 bridgehead atoms. The molecule has 0 N–H and O–H groups in total. The Bertz CT molecular complexity index is 465. The molecule has 3 heteroatoms. The van der Waals surface area contributed by atoms with Crippen molar-refractivity contribution in [3.05, 3.63) is 34.6 Å². The Morgan fingerprint density at radius 3 is 2.81 bits per heavy atom. The number of nitrogens with zero attached hydrogens (tertiary/aromatic N) is 1. The average Bonchev–Trinajstić information content (AvgIpc) is 3.06. The highest BCUT2D eigenvalue weighted by molar-refractivity contribution is 5.97. The third kappa shape index (κ3) is 1.42. The van der Waals surface area contributed by atoms with Crippen LogP contribution in [0.2, 0.25) is 0 Å². The second-order valence-corrected chi connectivity index (χ2v) is 4.79. The summed E-state index contributed by atoms with van der Waals surface area (Å²) in [4.78, 5) is 13.4. The van der Waals surface area contributed by atoms with E-state index >= 15 is 0 Å². The predicted molar refractivity (Wildman–Crippen MR) is 59.0 cm³/mol. The summed E-state index contributed by atoms with van der Waals surface area (Å²) < 4.78 is 13.9. The minimum Gasteiger partial charge on any atom is -0.341 e. The molecular weight excluding hydrogens is 205 g/mol. The van der Waals surface area contributed by atoms with Crippen LogP contribution in [0, 0.1) is 5.82 Å². The number of benzene rings is 1. The van der Waals surface area contributed by atoms with Crippen LogP contribution in [0.4, 0.5) is 4.39 Å². The van der Waals surface area contributed by atoms with Gasteiger partial charge in [0, 0.05) is 13.6 Å². The zero-order chi connectivity index (χ0) is 11.3. The van der Waals surface area contributed by atoms with Crippen LogP contribution in [0.3, 0.4) is 0 Å². The lowest BCUT2D eigenvalue weighted by atomic mass is 9.95. The number of fused-ring (bicyclic) bond motifs is 1. The second kappa shape index (κ2) is 3.30. The zero-order valence-electron chi connectivity index (χ0n) is 9.29. The third-order valence-corrected chi connectivity index (χ3v) is 3.52. The van der Waals surface area contributed by atoms with Gasteiger partial charge < -0.3 is 4.90 Å². The Labute approximate surface area is 94.1 Å². The molecule has 0 saturated heterocycles. The molecule has 0 aromatic heterocycles. The van der Waals surface area contributed by atoms with E-state index in [9.17, 15) is 9.18 Å². The van der Waals surface area contributed by atoms with Gasteiger partial charge in [0.1, 0.15) is 5.82 Å². The van der Waals surface area contributed by atoms with Gasteiger partial charge >= 0.3 is 0 Å². The van der Waals surface area contributed by atoms with Gasteiger partial charge in [0.25, 0.3) is 5.91 Å². The Kier molecular flexibility index (Phi) is 2.03. The molecule has 2 aliphatic rings. The predicted octanol–water partition coefficient (Wildman–Crippen LogP) is 2.33. The van der Waals surface area contributed by atoms with Crippen molar-refractivity contribution in [3.63, 3.8) is 0 Å². The van der Waals surface area contributed by atoms with Crippen LogP contribution in [0.25, 0.3) is 0 Å². The van der Waals surface area contributed by atoms with Crippen molar-refractivity contribution < 1.29 is 9.18 Å². The maximum absolute atomic E-state index is 13.9. The molecule has 0 unspecified atom stereocenters. The lowest BCUT2D eigenvalue weighted by molar-refractivity contribution is 0.0775. The van der Waals surface area contributed by atoms with Crippen LogP contribution in [-0.4, -0.2) is 24.4 Å². The van der Waals surface area contributed by atoms with Gasteiger partial charge in [-0.1, -0.05) is 6.07 Å². The van der Waals surface area contributed by atoms with E-state index in [0.29, 0.717) is 12.5 Å². The maximum atomic E-state index is 13.9. The van der Waals surface area contributed by atoms with Gasteiger partial charge in [-0.05, 0) is 42.4 Å². The minimum absolute atomic E-state index is 0.180. The van der Waals surface area contributed by atoms with Gasteiger partial charge in [0.2, 0.25) is 0 Å². The van der Waals surface area contributed by atoms with Crippen LogP contribution < -0.4 is 0 Å². The Morgan fingerprint density at radius 1 is 1.38 bits per heavy atom. The largest absolute Gasteiger partial charge is 0.341 e. The number of amides is 1. The quantitative estimate of drug-likeness (QED) is 0.710. The molecule has 1 aromatic rings. The fraction of sp³-hybridized carbons (Fsp3) is 0.462. The van der Waals surface area contributed by atoms with Gasteiger partial charge in [0.05, 0.1) is 5.56 Å². The van der Waals surface area contributed by atoms with Crippen molar-refractivity contribution in [2.45, 2.75) is 25.2 Å². The van der Waals surface area contributed by atoms with Crippen molar-refractivity contribution in [3.8, 4) is 0 Å². The molecule has 0 radical (unpaired) electrons. The van der Waals surface area contributed by atoms with Gasteiger partial charge in [0.15, 0.2) is 0 Å². The summed E-state index contributed by atoms with van der Waals surface area (Å²) >= 11 is 0. The molecule has 84 valence electrons. The molecule has 16 heavy (non-hydrogen) atoms. The highest BCUT2D eigenvalue weighted by Gasteiger charge is 2.29.